The smallest absolute Gasteiger partial charge is 0.307 e. The van der Waals surface area contributed by atoms with E-state index in [1.807, 2.05) is 6.07 Å². The Balaban J connectivity index is 1.85. The Morgan fingerprint density at radius 3 is 2.95 bits per heavy atom. The van der Waals surface area contributed by atoms with Gasteiger partial charge in [0.1, 0.15) is 12.1 Å². The fourth-order valence-corrected chi connectivity index (χ4v) is 2.58. The molecule has 5 nitrogen and oxygen atoms in total. The number of aliphatic carboxylic acids is 1. The van der Waals surface area contributed by atoms with Crippen molar-refractivity contribution >= 4 is 5.97 Å². The lowest BCUT2D eigenvalue weighted by Crippen LogP contribution is -2.08. The molecule has 1 aromatic heterocycles. The van der Waals surface area contributed by atoms with Crippen molar-refractivity contribution in [3.05, 3.63) is 47.4 Å². The lowest BCUT2D eigenvalue weighted by Gasteiger charge is -2.17. The van der Waals surface area contributed by atoms with Crippen LogP contribution in [0, 0.1) is 0 Å². The Bertz CT molecular complexity index is 670. The van der Waals surface area contributed by atoms with E-state index >= 15 is 0 Å². The van der Waals surface area contributed by atoms with Crippen LogP contribution >= 0.6 is 0 Å². The molecule has 1 aromatic carbocycles. The van der Waals surface area contributed by atoms with Crippen LogP contribution in [-0.2, 0) is 24.1 Å². The zero-order chi connectivity index (χ0) is 14.7. The second kappa shape index (κ2) is 5.91. The molecule has 0 aliphatic heterocycles. The van der Waals surface area contributed by atoms with Crippen molar-refractivity contribution < 1.29 is 14.6 Å². The van der Waals surface area contributed by atoms with E-state index in [0.717, 1.165) is 36.9 Å². The van der Waals surface area contributed by atoms with E-state index < -0.39 is 5.97 Å². The second-order valence-corrected chi connectivity index (χ2v) is 5.13. The third kappa shape index (κ3) is 3.18. The Kier molecular flexibility index (Phi) is 3.81. The van der Waals surface area contributed by atoms with Crippen molar-refractivity contribution in [1.29, 1.82) is 0 Å². The van der Waals surface area contributed by atoms with Gasteiger partial charge in [-0.25, -0.2) is 9.97 Å². The minimum Gasteiger partial charge on any atom is -0.481 e. The number of aryl methyl sites for hydroxylation is 1. The number of hydrogen-bond donors (Lipinski definition) is 1. The molecule has 1 aliphatic rings. The van der Waals surface area contributed by atoms with Crippen LogP contribution in [0.2, 0.25) is 0 Å². The van der Waals surface area contributed by atoms with E-state index in [0.29, 0.717) is 17.2 Å². The average molecular weight is 284 g/mol. The van der Waals surface area contributed by atoms with Gasteiger partial charge in [-0.05, 0) is 43.4 Å². The van der Waals surface area contributed by atoms with Crippen molar-refractivity contribution in [3.8, 4) is 11.6 Å². The summed E-state index contributed by atoms with van der Waals surface area (Å²) in [4.78, 5) is 19.3. The molecule has 0 saturated heterocycles. The SMILES string of the molecule is O=C(O)Cc1cccc(Oc2ncnc3c2CCCC3)c1. The molecule has 1 N–H and O–H groups in total. The summed E-state index contributed by atoms with van der Waals surface area (Å²) in [6.07, 6.45) is 5.68. The van der Waals surface area contributed by atoms with E-state index in [1.165, 1.54) is 6.33 Å². The Morgan fingerprint density at radius 1 is 1.24 bits per heavy atom. The molecule has 21 heavy (non-hydrogen) atoms. The van der Waals surface area contributed by atoms with Gasteiger partial charge >= 0.3 is 5.97 Å². The lowest BCUT2D eigenvalue weighted by molar-refractivity contribution is -0.136. The van der Waals surface area contributed by atoms with Gasteiger partial charge in [-0.1, -0.05) is 12.1 Å². The molecule has 1 aliphatic carbocycles. The van der Waals surface area contributed by atoms with Gasteiger partial charge in [0.05, 0.1) is 12.1 Å². The molecular weight excluding hydrogens is 268 g/mol. The maximum absolute atomic E-state index is 10.8. The summed E-state index contributed by atoms with van der Waals surface area (Å²) >= 11 is 0. The van der Waals surface area contributed by atoms with E-state index in [1.54, 1.807) is 18.2 Å². The summed E-state index contributed by atoms with van der Waals surface area (Å²) in [5, 5.41) is 8.84. The minimum absolute atomic E-state index is 0.0148. The number of fused-ring (bicyclic) bond motifs is 1. The molecule has 0 atom stereocenters. The molecular formula is C16H16N2O3. The topological polar surface area (TPSA) is 72.3 Å². The van der Waals surface area contributed by atoms with E-state index in [-0.39, 0.29) is 6.42 Å². The highest BCUT2D eigenvalue weighted by atomic mass is 16.5. The van der Waals surface area contributed by atoms with Crippen LogP contribution in [0.25, 0.3) is 0 Å². The Labute approximate surface area is 122 Å². The standard InChI is InChI=1S/C16H16N2O3/c19-15(20)9-11-4-3-5-12(8-11)21-16-13-6-1-2-7-14(13)17-10-18-16/h3-5,8,10H,1-2,6-7,9H2,(H,19,20). The normalized spacial score (nSPS) is 13.5. The van der Waals surface area contributed by atoms with Gasteiger partial charge in [-0.2, -0.15) is 0 Å². The van der Waals surface area contributed by atoms with Crippen molar-refractivity contribution in [3.63, 3.8) is 0 Å². The zero-order valence-corrected chi connectivity index (χ0v) is 11.6. The number of aromatic nitrogens is 2. The molecule has 108 valence electrons. The second-order valence-electron chi connectivity index (χ2n) is 5.13. The number of benzene rings is 1. The van der Waals surface area contributed by atoms with Crippen LogP contribution in [0.3, 0.4) is 0 Å². The number of carboxylic acids is 1. The van der Waals surface area contributed by atoms with E-state index in [2.05, 4.69) is 9.97 Å². The van der Waals surface area contributed by atoms with Gasteiger partial charge in [0.25, 0.3) is 0 Å². The molecule has 0 amide bonds. The van der Waals surface area contributed by atoms with Gasteiger partial charge in [0.2, 0.25) is 5.88 Å². The first-order valence-electron chi connectivity index (χ1n) is 7.04. The van der Waals surface area contributed by atoms with E-state index in [4.69, 9.17) is 9.84 Å². The summed E-state index contributed by atoms with van der Waals surface area (Å²) < 4.78 is 5.85. The van der Waals surface area contributed by atoms with Crippen LogP contribution in [0.15, 0.2) is 30.6 Å². The highest BCUT2D eigenvalue weighted by Crippen LogP contribution is 2.29. The van der Waals surface area contributed by atoms with Gasteiger partial charge in [-0.3, -0.25) is 4.79 Å². The molecule has 3 rings (SSSR count). The lowest BCUT2D eigenvalue weighted by atomic mass is 9.97. The largest absolute Gasteiger partial charge is 0.481 e. The fourth-order valence-electron chi connectivity index (χ4n) is 2.58. The highest BCUT2D eigenvalue weighted by molar-refractivity contribution is 5.70. The number of nitrogens with zero attached hydrogens (tertiary/aromatic N) is 2. The minimum atomic E-state index is -0.855. The third-order valence-corrected chi connectivity index (χ3v) is 3.55. The Hall–Kier alpha value is -2.43. The molecule has 0 radical (unpaired) electrons. The summed E-state index contributed by atoms with van der Waals surface area (Å²) in [6.45, 7) is 0. The maximum atomic E-state index is 10.8. The van der Waals surface area contributed by atoms with Gasteiger partial charge in [-0.15, -0.1) is 0 Å². The third-order valence-electron chi connectivity index (χ3n) is 3.55. The number of rotatable bonds is 4. The molecule has 1 heterocycles. The summed E-state index contributed by atoms with van der Waals surface area (Å²) in [5.74, 6) is 0.346. The molecule has 0 bridgehead atoms. The predicted molar refractivity (Wildman–Crippen MR) is 76.5 cm³/mol. The molecule has 0 spiro atoms. The Morgan fingerprint density at radius 2 is 2.10 bits per heavy atom. The number of carboxylic acid groups (broad SMARTS) is 1. The van der Waals surface area contributed by atoms with Crippen LogP contribution < -0.4 is 4.74 Å². The quantitative estimate of drug-likeness (QED) is 0.934. The van der Waals surface area contributed by atoms with Crippen LogP contribution in [0.5, 0.6) is 11.6 Å². The number of hydrogen-bond acceptors (Lipinski definition) is 4. The van der Waals surface area contributed by atoms with Gasteiger partial charge in [0.15, 0.2) is 0 Å². The number of ether oxygens (including phenoxy) is 1. The molecule has 0 unspecified atom stereocenters. The summed E-state index contributed by atoms with van der Waals surface area (Å²) in [5.41, 5.74) is 2.85. The van der Waals surface area contributed by atoms with Crippen molar-refractivity contribution in [2.75, 3.05) is 0 Å². The maximum Gasteiger partial charge on any atom is 0.307 e. The van der Waals surface area contributed by atoms with Gasteiger partial charge in [0, 0.05) is 5.56 Å². The zero-order valence-electron chi connectivity index (χ0n) is 11.6. The first-order chi connectivity index (χ1) is 10.2. The monoisotopic (exact) mass is 284 g/mol. The fraction of sp³-hybridized carbons (Fsp3) is 0.312. The summed E-state index contributed by atoms with van der Waals surface area (Å²) in [6, 6.07) is 7.12. The number of carbonyl (C=O) groups is 1. The van der Waals surface area contributed by atoms with Gasteiger partial charge < -0.3 is 9.84 Å². The summed E-state index contributed by atoms with van der Waals surface area (Å²) in [7, 11) is 0. The highest BCUT2D eigenvalue weighted by Gasteiger charge is 2.17. The van der Waals surface area contributed by atoms with Crippen molar-refractivity contribution in [2.45, 2.75) is 32.1 Å². The average Bonchev–Trinajstić information content (AvgIpc) is 2.47. The van der Waals surface area contributed by atoms with Crippen molar-refractivity contribution in [1.82, 2.24) is 9.97 Å². The molecule has 2 aromatic rings. The first-order valence-corrected chi connectivity index (χ1v) is 7.04. The van der Waals surface area contributed by atoms with Crippen LogP contribution in [0.4, 0.5) is 0 Å². The predicted octanol–water partition coefficient (Wildman–Crippen LogP) is 2.77. The van der Waals surface area contributed by atoms with Crippen LogP contribution in [-0.4, -0.2) is 21.0 Å². The molecule has 0 saturated carbocycles. The van der Waals surface area contributed by atoms with E-state index in [9.17, 15) is 4.79 Å². The first kappa shape index (κ1) is 13.5. The molecule has 0 fully saturated rings. The van der Waals surface area contributed by atoms with Crippen molar-refractivity contribution in [2.24, 2.45) is 0 Å². The molecule has 5 heteroatoms. The van der Waals surface area contributed by atoms with Crippen LogP contribution in [0.1, 0.15) is 29.7 Å².